The van der Waals surface area contributed by atoms with Crippen molar-refractivity contribution in [3.8, 4) is 0 Å². The molecule has 82 valence electrons. The molecular formula is C11H14FNO2. The Bertz CT molecular complexity index is 377. The van der Waals surface area contributed by atoms with Gasteiger partial charge in [-0.1, -0.05) is 6.07 Å². The number of nitrogens with two attached hydrogens (primary N) is 1. The predicted octanol–water partition coefficient (Wildman–Crippen LogP) is 1.82. The molecule has 0 spiro atoms. The molecule has 0 amide bonds. The van der Waals surface area contributed by atoms with Crippen LogP contribution in [0.2, 0.25) is 0 Å². The summed E-state index contributed by atoms with van der Waals surface area (Å²) in [5, 5.41) is 0. The van der Waals surface area contributed by atoms with Crippen LogP contribution in [0, 0.1) is 12.7 Å². The van der Waals surface area contributed by atoms with Crippen LogP contribution >= 0.6 is 0 Å². The molecule has 0 radical (unpaired) electrons. The summed E-state index contributed by atoms with van der Waals surface area (Å²) in [7, 11) is 1.30. The average Bonchev–Trinajstić information content (AvgIpc) is 2.23. The lowest BCUT2D eigenvalue weighted by atomic mass is 10.0. The van der Waals surface area contributed by atoms with Gasteiger partial charge >= 0.3 is 5.97 Å². The molecule has 1 aromatic rings. The van der Waals surface area contributed by atoms with Crippen molar-refractivity contribution in [2.45, 2.75) is 19.8 Å². The second-order valence-electron chi connectivity index (χ2n) is 3.34. The van der Waals surface area contributed by atoms with Gasteiger partial charge in [0.25, 0.3) is 0 Å². The number of anilines is 1. The van der Waals surface area contributed by atoms with Gasteiger partial charge in [0.15, 0.2) is 0 Å². The number of methoxy groups -OCH3 is 1. The van der Waals surface area contributed by atoms with Gasteiger partial charge in [0.1, 0.15) is 5.82 Å². The molecule has 4 heteroatoms. The number of ether oxygens (including phenoxy) is 1. The second kappa shape index (κ2) is 4.77. The quantitative estimate of drug-likeness (QED) is 0.613. The fourth-order valence-electron chi connectivity index (χ4n) is 1.34. The molecule has 1 aromatic carbocycles. The maximum atomic E-state index is 13.6. The minimum atomic E-state index is -0.365. The van der Waals surface area contributed by atoms with Crippen LogP contribution < -0.4 is 5.73 Å². The van der Waals surface area contributed by atoms with Crippen molar-refractivity contribution in [1.29, 1.82) is 0 Å². The molecule has 1 rings (SSSR count). The van der Waals surface area contributed by atoms with Crippen molar-refractivity contribution in [3.63, 3.8) is 0 Å². The first-order chi connectivity index (χ1) is 7.06. The first-order valence-electron chi connectivity index (χ1n) is 4.66. The van der Waals surface area contributed by atoms with E-state index in [9.17, 15) is 9.18 Å². The van der Waals surface area contributed by atoms with Gasteiger partial charge in [-0.15, -0.1) is 0 Å². The van der Waals surface area contributed by atoms with Crippen LogP contribution in [0.25, 0.3) is 0 Å². The van der Waals surface area contributed by atoms with Crippen LogP contribution in [-0.2, 0) is 16.0 Å². The van der Waals surface area contributed by atoms with Crippen molar-refractivity contribution in [2.75, 3.05) is 12.8 Å². The molecule has 15 heavy (non-hydrogen) atoms. The zero-order valence-corrected chi connectivity index (χ0v) is 8.84. The molecule has 0 heterocycles. The lowest BCUT2D eigenvalue weighted by molar-refractivity contribution is -0.140. The predicted molar refractivity (Wildman–Crippen MR) is 55.9 cm³/mol. The van der Waals surface area contributed by atoms with Gasteiger partial charge in [0.05, 0.1) is 7.11 Å². The SMILES string of the molecule is COC(=O)CCc1c(N)ccc(C)c1F. The number of carbonyl (C=O) groups is 1. The first-order valence-corrected chi connectivity index (χ1v) is 4.66. The summed E-state index contributed by atoms with van der Waals surface area (Å²) < 4.78 is 18.1. The number of hydrogen-bond donors (Lipinski definition) is 1. The third-order valence-corrected chi connectivity index (χ3v) is 2.28. The van der Waals surface area contributed by atoms with Crippen LogP contribution in [-0.4, -0.2) is 13.1 Å². The third kappa shape index (κ3) is 2.68. The van der Waals surface area contributed by atoms with Crippen molar-refractivity contribution < 1.29 is 13.9 Å². The number of rotatable bonds is 3. The Kier molecular flexibility index (Phi) is 3.66. The average molecular weight is 211 g/mol. The number of hydrogen-bond acceptors (Lipinski definition) is 3. The highest BCUT2D eigenvalue weighted by Gasteiger charge is 2.11. The largest absolute Gasteiger partial charge is 0.469 e. The monoisotopic (exact) mass is 211 g/mol. The molecule has 0 aromatic heterocycles. The van der Waals surface area contributed by atoms with E-state index in [-0.39, 0.29) is 24.6 Å². The maximum absolute atomic E-state index is 13.6. The van der Waals surface area contributed by atoms with Crippen molar-refractivity contribution in [3.05, 3.63) is 29.1 Å². The van der Waals surface area contributed by atoms with E-state index in [1.165, 1.54) is 7.11 Å². The molecule has 0 unspecified atom stereocenters. The first kappa shape index (κ1) is 11.5. The Balaban J connectivity index is 2.84. The molecule has 0 saturated carbocycles. The van der Waals surface area contributed by atoms with Gasteiger partial charge < -0.3 is 10.5 Å². The summed E-state index contributed by atoms with van der Waals surface area (Å²) in [6.07, 6.45) is 0.410. The fraction of sp³-hybridized carbons (Fsp3) is 0.364. The Morgan fingerprint density at radius 2 is 2.20 bits per heavy atom. The molecule has 2 N–H and O–H groups in total. The third-order valence-electron chi connectivity index (χ3n) is 2.28. The lowest BCUT2D eigenvalue weighted by Gasteiger charge is -2.08. The molecule has 3 nitrogen and oxygen atoms in total. The molecule has 0 aliphatic carbocycles. The van der Waals surface area contributed by atoms with Crippen molar-refractivity contribution in [2.24, 2.45) is 0 Å². The van der Waals surface area contributed by atoms with E-state index in [2.05, 4.69) is 4.74 Å². The summed E-state index contributed by atoms with van der Waals surface area (Å²) in [6.45, 7) is 1.66. The van der Waals surface area contributed by atoms with Gasteiger partial charge in [-0.05, 0) is 25.0 Å². The van der Waals surface area contributed by atoms with E-state index in [4.69, 9.17) is 5.73 Å². The Labute approximate surface area is 88.0 Å². The van der Waals surface area contributed by atoms with Crippen LogP contribution in [0.5, 0.6) is 0 Å². The van der Waals surface area contributed by atoms with Crippen LogP contribution in [0.15, 0.2) is 12.1 Å². The summed E-state index contributed by atoms with van der Waals surface area (Å²) in [6, 6.07) is 3.26. The highest BCUT2D eigenvalue weighted by atomic mass is 19.1. The van der Waals surface area contributed by atoms with Crippen molar-refractivity contribution in [1.82, 2.24) is 0 Å². The highest BCUT2D eigenvalue weighted by Crippen LogP contribution is 2.20. The summed E-state index contributed by atoms with van der Waals surface area (Å²) in [5.74, 6) is -0.700. The van der Waals surface area contributed by atoms with Gasteiger partial charge in [-0.25, -0.2) is 4.39 Å². The second-order valence-corrected chi connectivity index (χ2v) is 3.34. The van der Waals surface area contributed by atoms with E-state index in [1.54, 1.807) is 19.1 Å². The molecule has 0 atom stereocenters. The summed E-state index contributed by atoms with van der Waals surface area (Å²) in [5.41, 5.74) is 6.92. The van der Waals surface area contributed by atoms with E-state index >= 15 is 0 Å². The van der Waals surface area contributed by atoms with Gasteiger partial charge in [0, 0.05) is 17.7 Å². The number of carbonyl (C=O) groups excluding carboxylic acids is 1. The minimum absolute atomic E-state index is 0.140. The number of benzene rings is 1. The van der Waals surface area contributed by atoms with Gasteiger partial charge in [0.2, 0.25) is 0 Å². The number of nitrogen functional groups attached to an aromatic ring is 1. The Morgan fingerprint density at radius 1 is 1.53 bits per heavy atom. The van der Waals surface area contributed by atoms with Crippen LogP contribution in [0.4, 0.5) is 10.1 Å². The smallest absolute Gasteiger partial charge is 0.305 e. The van der Waals surface area contributed by atoms with E-state index in [1.807, 2.05) is 0 Å². The normalized spacial score (nSPS) is 10.1. The van der Waals surface area contributed by atoms with Crippen molar-refractivity contribution >= 4 is 11.7 Å². The number of aryl methyl sites for hydroxylation is 1. The van der Waals surface area contributed by atoms with Gasteiger partial charge in [-0.2, -0.15) is 0 Å². The topological polar surface area (TPSA) is 52.3 Å². The van der Waals surface area contributed by atoms with E-state index in [0.717, 1.165) is 0 Å². The summed E-state index contributed by atoms with van der Waals surface area (Å²) >= 11 is 0. The molecule has 0 bridgehead atoms. The fourth-order valence-corrected chi connectivity index (χ4v) is 1.34. The maximum Gasteiger partial charge on any atom is 0.305 e. The zero-order valence-electron chi connectivity index (χ0n) is 8.84. The highest BCUT2D eigenvalue weighted by molar-refractivity contribution is 5.70. The minimum Gasteiger partial charge on any atom is -0.469 e. The summed E-state index contributed by atoms with van der Waals surface area (Å²) in [4.78, 5) is 10.9. The number of esters is 1. The van der Waals surface area contributed by atoms with Gasteiger partial charge in [-0.3, -0.25) is 4.79 Å². The standard InChI is InChI=1S/C11H14FNO2/c1-7-3-5-9(13)8(11(7)12)4-6-10(14)15-2/h3,5H,4,6,13H2,1-2H3. The molecular weight excluding hydrogens is 197 g/mol. The number of halogens is 1. The molecule has 0 fully saturated rings. The zero-order chi connectivity index (χ0) is 11.4. The van der Waals surface area contributed by atoms with E-state index < -0.39 is 0 Å². The molecule has 0 aliphatic rings. The molecule has 0 saturated heterocycles. The van der Waals surface area contributed by atoms with Crippen LogP contribution in [0.3, 0.4) is 0 Å². The Hall–Kier alpha value is -1.58. The molecule has 0 aliphatic heterocycles. The Morgan fingerprint density at radius 3 is 2.80 bits per heavy atom. The van der Waals surface area contributed by atoms with E-state index in [0.29, 0.717) is 16.8 Å². The van der Waals surface area contributed by atoms with Crippen LogP contribution in [0.1, 0.15) is 17.5 Å². The lowest BCUT2D eigenvalue weighted by Crippen LogP contribution is -2.06.